The normalized spacial score (nSPS) is 24.1. The van der Waals surface area contributed by atoms with Crippen molar-refractivity contribution in [3.63, 3.8) is 0 Å². The van der Waals surface area contributed by atoms with E-state index in [0.717, 1.165) is 110 Å². The van der Waals surface area contributed by atoms with E-state index in [1.54, 1.807) is 0 Å². The van der Waals surface area contributed by atoms with Gasteiger partial charge in [0.05, 0.1) is 18.8 Å². The number of hydrogen-bond donors (Lipinski definition) is 1. The molecule has 3 aliphatic rings. The van der Waals surface area contributed by atoms with Gasteiger partial charge in [-0.2, -0.15) is 0 Å². The van der Waals surface area contributed by atoms with Crippen LogP contribution in [-0.4, -0.2) is 88.9 Å². The first-order valence-electron chi connectivity index (χ1n) is 11.8. The fraction of sp³-hybridized carbons (Fsp3) is 0.955. The van der Waals surface area contributed by atoms with Gasteiger partial charge >= 0.3 is 0 Å². The van der Waals surface area contributed by atoms with E-state index >= 15 is 0 Å². The number of ether oxygens (including phenoxy) is 4. The number of aliphatic imine (C=N–C) groups is 1. The van der Waals surface area contributed by atoms with Gasteiger partial charge in [0.15, 0.2) is 5.96 Å². The molecule has 0 spiro atoms. The van der Waals surface area contributed by atoms with Crippen molar-refractivity contribution in [2.24, 2.45) is 10.9 Å². The molecule has 7 nitrogen and oxygen atoms in total. The Hall–Kier alpha value is -0.160. The van der Waals surface area contributed by atoms with Crippen LogP contribution in [0.15, 0.2) is 4.99 Å². The highest BCUT2D eigenvalue weighted by molar-refractivity contribution is 14.0. The molecule has 1 unspecified atom stereocenters. The third-order valence-electron chi connectivity index (χ3n) is 6.02. The number of rotatable bonds is 10. The van der Waals surface area contributed by atoms with Gasteiger partial charge in [-0.1, -0.05) is 0 Å². The maximum Gasteiger partial charge on any atom is 0.193 e. The summed E-state index contributed by atoms with van der Waals surface area (Å²) >= 11 is 0. The maximum atomic E-state index is 6.09. The van der Waals surface area contributed by atoms with Crippen LogP contribution in [0, 0.1) is 5.92 Å². The van der Waals surface area contributed by atoms with Crippen LogP contribution in [0.25, 0.3) is 0 Å². The lowest BCUT2D eigenvalue weighted by Crippen LogP contribution is -2.47. The van der Waals surface area contributed by atoms with Gasteiger partial charge in [-0.05, 0) is 57.8 Å². The number of nitrogens with one attached hydrogen (secondary N) is 1. The molecule has 3 aliphatic heterocycles. The molecule has 0 aromatic carbocycles. The molecule has 8 heteroatoms. The van der Waals surface area contributed by atoms with Crippen LogP contribution in [0.4, 0.5) is 0 Å². The zero-order chi connectivity index (χ0) is 20.2. The second kappa shape index (κ2) is 15.6. The second-order valence-electron chi connectivity index (χ2n) is 8.37. The highest BCUT2D eigenvalue weighted by Gasteiger charge is 2.24. The Kier molecular flexibility index (Phi) is 13.6. The van der Waals surface area contributed by atoms with Crippen molar-refractivity contribution in [2.75, 3.05) is 65.8 Å². The monoisotopic (exact) mass is 539 g/mol. The molecule has 3 fully saturated rings. The Labute approximate surface area is 199 Å². The third kappa shape index (κ3) is 9.54. The van der Waals surface area contributed by atoms with Gasteiger partial charge in [-0.25, -0.2) is 0 Å². The molecule has 3 heterocycles. The number of piperidine rings is 1. The van der Waals surface area contributed by atoms with E-state index in [-0.39, 0.29) is 24.0 Å². The first-order valence-corrected chi connectivity index (χ1v) is 11.8. The van der Waals surface area contributed by atoms with Crippen LogP contribution in [0.1, 0.15) is 51.9 Å². The summed E-state index contributed by atoms with van der Waals surface area (Å²) < 4.78 is 23.0. The molecule has 0 saturated carbocycles. The van der Waals surface area contributed by atoms with Crippen molar-refractivity contribution in [2.45, 2.75) is 64.1 Å². The number of hydrogen-bond acceptors (Lipinski definition) is 5. The van der Waals surface area contributed by atoms with E-state index in [1.807, 2.05) is 0 Å². The minimum Gasteiger partial charge on any atom is -0.381 e. The molecular weight excluding hydrogens is 497 g/mol. The van der Waals surface area contributed by atoms with Gasteiger partial charge in [0.25, 0.3) is 0 Å². The van der Waals surface area contributed by atoms with Crippen molar-refractivity contribution in [1.29, 1.82) is 0 Å². The molecule has 1 N–H and O–H groups in total. The largest absolute Gasteiger partial charge is 0.381 e. The summed E-state index contributed by atoms with van der Waals surface area (Å²) in [6.07, 6.45) is 8.37. The molecule has 0 aromatic heterocycles. The van der Waals surface area contributed by atoms with Crippen LogP contribution >= 0.6 is 24.0 Å². The van der Waals surface area contributed by atoms with Crippen LogP contribution in [0.5, 0.6) is 0 Å². The topological polar surface area (TPSA) is 64.6 Å². The van der Waals surface area contributed by atoms with E-state index in [4.69, 9.17) is 23.9 Å². The Morgan fingerprint density at radius 2 is 1.87 bits per heavy atom. The summed E-state index contributed by atoms with van der Waals surface area (Å²) in [6.45, 7) is 10.9. The molecule has 0 aromatic rings. The molecule has 0 aliphatic carbocycles. The summed E-state index contributed by atoms with van der Waals surface area (Å²) in [6, 6.07) is 0. The second-order valence-corrected chi connectivity index (χ2v) is 8.37. The van der Waals surface area contributed by atoms with Gasteiger partial charge in [-0.3, -0.25) is 4.99 Å². The Bertz CT molecular complexity index is 463. The zero-order valence-electron chi connectivity index (χ0n) is 18.7. The molecule has 1 atom stereocenters. The number of guanidine groups is 1. The smallest absolute Gasteiger partial charge is 0.193 e. The van der Waals surface area contributed by atoms with E-state index < -0.39 is 0 Å². The number of halogens is 1. The summed E-state index contributed by atoms with van der Waals surface area (Å²) in [7, 11) is 0. The van der Waals surface area contributed by atoms with Gasteiger partial charge in [0.2, 0.25) is 0 Å². The van der Waals surface area contributed by atoms with Gasteiger partial charge in [0, 0.05) is 59.2 Å². The molecule has 3 saturated heterocycles. The van der Waals surface area contributed by atoms with Crippen molar-refractivity contribution < 1.29 is 18.9 Å². The predicted molar refractivity (Wildman–Crippen MR) is 130 cm³/mol. The van der Waals surface area contributed by atoms with E-state index in [9.17, 15) is 0 Å². The van der Waals surface area contributed by atoms with E-state index in [2.05, 4.69) is 17.1 Å². The Morgan fingerprint density at radius 3 is 2.57 bits per heavy atom. The number of nitrogens with zero attached hydrogens (tertiary/aromatic N) is 2. The van der Waals surface area contributed by atoms with Crippen molar-refractivity contribution in [1.82, 2.24) is 10.2 Å². The molecule has 0 amide bonds. The Balaban J connectivity index is 0.00000320. The molecule has 30 heavy (non-hydrogen) atoms. The minimum absolute atomic E-state index is 0. The first kappa shape index (κ1) is 26.1. The van der Waals surface area contributed by atoms with Crippen molar-refractivity contribution >= 4 is 29.9 Å². The average Bonchev–Trinajstić information content (AvgIpc) is 3.29. The van der Waals surface area contributed by atoms with Crippen molar-refractivity contribution in [3.05, 3.63) is 0 Å². The SMILES string of the molecule is CCNC(=NCCCOCC1CCOCC1)N1CCC(OCC2CCCO2)CC1.I. The lowest BCUT2D eigenvalue weighted by molar-refractivity contribution is -0.0367. The van der Waals surface area contributed by atoms with E-state index in [0.29, 0.717) is 18.1 Å². The lowest BCUT2D eigenvalue weighted by Gasteiger charge is -2.34. The van der Waals surface area contributed by atoms with Crippen LogP contribution in [0.3, 0.4) is 0 Å². The number of likely N-dealkylation sites (tertiary alicyclic amines) is 1. The molecule has 0 bridgehead atoms. The van der Waals surface area contributed by atoms with Gasteiger partial charge < -0.3 is 29.2 Å². The summed E-state index contributed by atoms with van der Waals surface area (Å²) in [5, 5.41) is 3.45. The molecule has 3 rings (SSSR count). The molecule has 0 radical (unpaired) electrons. The predicted octanol–water partition coefficient (Wildman–Crippen LogP) is 3.06. The van der Waals surface area contributed by atoms with Crippen LogP contribution in [0.2, 0.25) is 0 Å². The maximum absolute atomic E-state index is 6.09. The fourth-order valence-corrected chi connectivity index (χ4v) is 4.19. The first-order chi connectivity index (χ1) is 14.3. The zero-order valence-corrected chi connectivity index (χ0v) is 21.0. The van der Waals surface area contributed by atoms with Crippen LogP contribution in [-0.2, 0) is 18.9 Å². The van der Waals surface area contributed by atoms with Gasteiger partial charge in [-0.15, -0.1) is 24.0 Å². The third-order valence-corrected chi connectivity index (χ3v) is 6.02. The fourth-order valence-electron chi connectivity index (χ4n) is 4.19. The average molecular weight is 539 g/mol. The van der Waals surface area contributed by atoms with E-state index in [1.165, 1.54) is 6.42 Å². The lowest BCUT2D eigenvalue weighted by atomic mass is 10.0. The van der Waals surface area contributed by atoms with Crippen LogP contribution < -0.4 is 5.32 Å². The highest BCUT2D eigenvalue weighted by Crippen LogP contribution is 2.18. The highest BCUT2D eigenvalue weighted by atomic mass is 127. The van der Waals surface area contributed by atoms with Gasteiger partial charge in [0.1, 0.15) is 0 Å². The standard InChI is InChI=1S/C22H41N3O4.HI/c1-2-23-22(24-10-4-13-27-17-19-8-15-26-16-9-19)25-11-6-20(7-12-25)29-18-21-5-3-14-28-21;/h19-21H,2-18H2,1H3,(H,23,24);1H. The Morgan fingerprint density at radius 1 is 1.07 bits per heavy atom. The summed E-state index contributed by atoms with van der Waals surface area (Å²) in [5.41, 5.74) is 0. The quantitative estimate of drug-likeness (QED) is 0.199. The molecule has 176 valence electrons. The van der Waals surface area contributed by atoms with Crippen molar-refractivity contribution in [3.8, 4) is 0 Å². The minimum atomic E-state index is 0. The molecular formula is C22H42IN3O4. The summed E-state index contributed by atoms with van der Waals surface area (Å²) in [5.74, 6) is 1.71. The summed E-state index contributed by atoms with van der Waals surface area (Å²) in [4.78, 5) is 7.20.